The maximum Gasteiger partial charge on any atom is 0.319 e. The Kier molecular flexibility index (Phi) is 7.53. The molecule has 11 heteroatoms. The number of phenolic OH excluding ortho intramolecular Hbond substituents is 1. The Bertz CT molecular complexity index is 1790. The number of halogens is 2. The molecule has 0 radical (unpaired) electrons. The van der Waals surface area contributed by atoms with Crippen LogP contribution in [0.5, 0.6) is 11.8 Å². The number of aromatic nitrogens is 3. The molecule has 45 heavy (non-hydrogen) atoms. The van der Waals surface area contributed by atoms with E-state index in [1.807, 2.05) is 11.8 Å². The molecule has 3 aliphatic heterocycles. The SMILES string of the molecule is CCc1c(F)ccc2cc(O)cc(-c3ncc4c(N5CCC[C@@](C)(O)C5)nc(OC[C@@]56CCCN5[C@H](CO)CC6)nc4c3F)c12. The zero-order valence-corrected chi connectivity index (χ0v) is 25.7. The average Bonchev–Trinajstić information content (AvgIpc) is 3.58. The highest BCUT2D eigenvalue weighted by Gasteiger charge is 2.49. The summed E-state index contributed by atoms with van der Waals surface area (Å²) in [6.07, 6.45) is 6.95. The molecule has 7 rings (SSSR count). The van der Waals surface area contributed by atoms with Crippen molar-refractivity contribution in [3.05, 3.63) is 47.7 Å². The lowest BCUT2D eigenvalue weighted by Crippen LogP contribution is -2.47. The number of rotatable bonds is 7. The Hall–Kier alpha value is -3.67. The molecule has 0 unspecified atom stereocenters. The number of nitrogens with zero attached hydrogens (tertiary/aromatic N) is 5. The lowest BCUT2D eigenvalue weighted by atomic mass is 9.94. The first-order chi connectivity index (χ1) is 21.6. The molecule has 238 valence electrons. The first-order valence-corrected chi connectivity index (χ1v) is 15.9. The highest BCUT2D eigenvalue weighted by atomic mass is 19.1. The van der Waals surface area contributed by atoms with E-state index >= 15 is 4.39 Å². The summed E-state index contributed by atoms with van der Waals surface area (Å²) >= 11 is 0. The second-order valence-electron chi connectivity index (χ2n) is 13.2. The van der Waals surface area contributed by atoms with Crippen LogP contribution in [0.25, 0.3) is 32.9 Å². The molecule has 5 heterocycles. The third kappa shape index (κ3) is 5.14. The minimum atomic E-state index is -0.948. The number of ether oxygens (including phenoxy) is 1. The maximum absolute atomic E-state index is 16.8. The number of piperidine rings is 1. The molecule has 0 bridgehead atoms. The zero-order valence-electron chi connectivity index (χ0n) is 25.7. The van der Waals surface area contributed by atoms with E-state index in [0.717, 1.165) is 38.6 Å². The Balaban J connectivity index is 1.37. The van der Waals surface area contributed by atoms with Crippen molar-refractivity contribution in [2.75, 3.05) is 37.7 Å². The normalized spacial score (nSPS) is 25.4. The fourth-order valence-corrected chi connectivity index (χ4v) is 7.95. The topological polar surface area (TPSA) is 115 Å². The van der Waals surface area contributed by atoms with Gasteiger partial charge in [0.2, 0.25) is 0 Å². The number of aromatic hydroxyl groups is 1. The number of phenols is 1. The molecule has 3 saturated heterocycles. The van der Waals surface area contributed by atoms with Gasteiger partial charge in [0, 0.05) is 30.9 Å². The van der Waals surface area contributed by atoms with Gasteiger partial charge in [-0.3, -0.25) is 9.88 Å². The molecule has 0 aliphatic carbocycles. The van der Waals surface area contributed by atoms with E-state index in [-0.39, 0.29) is 46.7 Å². The quantitative estimate of drug-likeness (QED) is 0.260. The van der Waals surface area contributed by atoms with Gasteiger partial charge in [-0.05, 0) is 92.9 Å². The van der Waals surface area contributed by atoms with Gasteiger partial charge in [-0.15, -0.1) is 0 Å². The zero-order chi connectivity index (χ0) is 31.5. The van der Waals surface area contributed by atoms with Gasteiger partial charge in [0.15, 0.2) is 5.82 Å². The Labute approximate surface area is 260 Å². The molecule has 3 atom stereocenters. The molecule has 0 spiro atoms. The average molecular weight is 620 g/mol. The summed E-state index contributed by atoms with van der Waals surface area (Å²) in [5.74, 6) is -0.806. The molecule has 9 nitrogen and oxygen atoms in total. The van der Waals surface area contributed by atoms with E-state index in [1.54, 1.807) is 13.0 Å². The van der Waals surface area contributed by atoms with Crippen LogP contribution in [0.1, 0.15) is 57.9 Å². The lowest BCUT2D eigenvalue weighted by Gasteiger charge is -2.38. The van der Waals surface area contributed by atoms with Crippen LogP contribution in [0.2, 0.25) is 0 Å². The van der Waals surface area contributed by atoms with Gasteiger partial charge in [-0.25, -0.2) is 8.78 Å². The number of fused-ring (bicyclic) bond motifs is 3. The van der Waals surface area contributed by atoms with E-state index in [0.29, 0.717) is 60.1 Å². The lowest BCUT2D eigenvalue weighted by molar-refractivity contribution is 0.0446. The van der Waals surface area contributed by atoms with Crippen molar-refractivity contribution in [1.82, 2.24) is 19.9 Å². The molecule has 3 fully saturated rings. The molecule has 2 aromatic carbocycles. The highest BCUT2D eigenvalue weighted by Crippen LogP contribution is 2.43. The molecular formula is C34H39F2N5O4. The van der Waals surface area contributed by atoms with Crippen LogP contribution in [-0.2, 0) is 6.42 Å². The fraction of sp³-hybridized carbons (Fsp3) is 0.500. The summed E-state index contributed by atoms with van der Waals surface area (Å²) in [4.78, 5) is 18.1. The number of aliphatic hydroxyl groups excluding tert-OH is 1. The van der Waals surface area contributed by atoms with Crippen LogP contribution in [0, 0.1) is 11.6 Å². The predicted molar refractivity (Wildman–Crippen MR) is 168 cm³/mol. The second-order valence-corrected chi connectivity index (χ2v) is 13.2. The van der Waals surface area contributed by atoms with E-state index in [1.165, 1.54) is 24.4 Å². The van der Waals surface area contributed by atoms with Gasteiger partial charge in [0.05, 0.1) is 23.1 Å². The number of β-amino-alcohol motifs (C(OH)–C–C–N with tert-alkyl or cyclic N) is 1. The van der Waals surface area contributed by atoms with E-state index in [9.17, 15) is 19.7 Å². The fourth-order valence-electron chi connectivity index (χ4n) is 7.95. The van der Waals surface area contributed by atoms with Crippen LogP contribution < -0.4 is 9.64 Å². The van der Waals surface area contributed by atoms with Crippen molar-refractivity contribution in [1.29, 1.82) is 0 Å². The molecule has 4 aromatic rings. The number of aryl methyl sites for hydroxylation is 1. The van der Waals surface area contributed by atoms with Crippen LogP contribution in [-0.4, -0.2) is 85.2 Å². The molecule has 3 N–H and O–H groups in total. The molecule has 3 aliphatic rings. The number of hydrogen-bond donors (Lipinski definition) is 3. The van der Waals surface area contributed by atoms with Crippen molar-refractivity contribution < 1.29 is 28.8 Å². The maximum atomic E-state index is 16.8. The van der Waals surface area contributed by atoms with Crippen molar-refractivity contribution in [3.8, 4) is 23.0 Å². The van der Waals surface area contributed by atoms with Gasteiger partial charge in [0.25, 0.3) is 0 Å². The third-order valence-corrected chi connectivity index (χ3v) is 10.1. The molecule has 0 saturated carbocycles. The highest BCUT2D eigenvalue weighted by molar-refractivity contribution is 6.01. The van der Waals surface area contributed by atoms with Crippen LogP contribution in [0.3, 0.4) is 0 Å². The van der Waals surface area contributed by atoms with Gasteiger partial charge < -0.3 is 25.0 Å². The van der Waals surface area contributed by atoms with Crippen molar-refractivity contribution >= 4 is 27.5 Å². The van der Waals surface area contributed by atoms with Crippen LogP contribution in [0.15, 0.2) is 30.5 Å². The molecule has 0 amide bonds. The summed E-state index contributed by atoms with van der Waals surface area (Å²) in [7, 11) is 0. The summed E-state index contributed by atoms with van der Waals surface area (Å²) in [5.41, 5.74) is -0.570. The first-order valence-electron chi connectivity index (χ1n) is 15.9. The van der Waals surface area contributed by atoms with E-state index in [4.69, 9.17) is 9.72 Å². The standard InChI is InChI=1S/C34H39F2N5O4/c1-3-23-26(35)7-6-20-14-22(43)15-24(27(20)23)29-28(36)30-25(16-37-29)31(40-12-4-9-33(2,44)18-40)39-32(38-30)45-19-34-10-5-13-41(34)21(17-42)8-11-34/h6-7,14-16,21,42-44H,3-5,8-13,17-19H2,1-2H3/t21-,33+,34-/m0/s1. The second kappa shape index (κ2) is 11.3. The number of pyridine rings is 1. The van der Waals surface area contributed by atoms with Crippen LogP contribution in [0.4, 0.5) is 14.6 Å². The summed E-state index contributed by atoms with van der Waals surface area (Å²) in [6, 6.07) is 5.97. The van der Waals surface area contributed by atoms with E-state index in [2.05, 4.69) is 14.9 Å². The Morgan fingerprint density at radius 2 is 1.91 bits per heavy atom. The number of hydrogen-bond acceptors (Lipinski definition) is 9. The van der Waals surface area contributed by atoms with Crippen LogP contribution >= 0.6 is 0 Å². The first kappa shape index (κ1) is 30.0. The van der Waals surface area contributed by atoms with Crippen molar-refractivity contribution in [2.24, 2.45) is 0 Å². The van der Waals surface area contributed by atoms with Gasteiger partial charge in [-0.2, -0.15) is 9.97 Å². The number of anilines is 1. The van der Waals surface area contributed by atoms with E-state index < -0.39 is 17.2 Å². The Morgan fingerprint density at radius 3 is 2.69 bits per heavy atom. The van der Waals surface area contributed by atoms with Crippen molar-refractivity contribution in [2.45, 2.75) is 76.0 Å². The summed E-state index contributed by atoms with van der Waals surface area (Å²) in [6.45, 7) is 5.81. The minimum absolute atomic E-state index is 0.00315. The molecule has 2 aromatic heterocycles. The van der Waals surface area contributed by atoms with Gasteiger partial charge in [0.1, 0.15) is 35.2 Å². The number of aliphatic hydroxyl groups is 2. The third-order valence-electron chi connectivity index (χ3n) is 10.1. The predicted octanol–water partition coefficient (Wildman–Crippen LogP) is 5.11. The smallest absolute Gasteiger partial charge is 0.319 e. The summed E-state index contributed by atoms with van der Waals surface area (Å²) < 4.78 is 38.0. The largest absolute Gasteiger partial charge is 0.508 e. The van der Waals surface area contributed by atoms with Crippen molar-refractivity contribution in [3.63, 3.8) is 0 Å². The Morgan fingerprint density at radius 1 is 1.09 bits per heavy atom. The molecular weight excluding hydrogens is 580 g/mol. The van der Waals surface area contributed by atoms with Gasteiger partial charge in [-0.1, -0.05) is 13.0 Å². The van der Waals surface area contributed by atoms with Gasteiger partial charge >= 0.3 is 6.01 Å². The minimum Gasteiger partial charge on any atom is -0.508 e. The number of benzene rings is 2. The monoisotopic (exact) mass is 619 g/mol. The summed E-state index contributed by atoms with van der Waals surface area (Å²) in [5, 5.41) is 32.8.